The van der Waals surface area contributed by atoms with Crippen molar-refractivity contribution in [2.24, 2.45) is 0 Å². The van der Waals surface area contributed by atoms with Gasteiger partial charge >= 0.3 is 0 Å². The first-order valence-electron chi connectivity index (χ1n) is 9.24. The van der Waals surface area contributed by atoms with Gasteiger partial charge < -0.3 is 9.64 Å². The summed E-state index contributed by atoms with van der Waals surface area (Å²) in [5.41, 5.74) is 2.25. The molecular formula is C23H23NO2. The molecule has 4 rings (SSSR count). The van der Waals surface area contributed by atoms with Crippen LogP contribution in [0.4, 0.5) is 5.69 Å². The van der Waals surface area contributed by atoms with E-state index < -0.39 is 6.10 Å². The van der Waals surface area contributed by atoms with E-state index >= 15 is 0 Å². The average Bonchev–Trinajstić information content (AvgIpc) is 3.01. The number of rotatable bonds is 4. The fourth-order valence-corrected chi connectivity index (χ4v) is 3.82. The number of amides is 1. The van der Waals surface area contributed by atoms with Crippen molar-refractivity contribution in [3.63, 3.8) is 0 Å². The van der Waals surface area contributed by atoms with Gasteiger partial charge in [0.1, 0.15) is 5.75 Å². The van der Waals surface area contributed by atoms with Crippen molar-refractivity contribution < 1.29 is 9.53 Å². The fourth-order valence-electron chi connectivity index (χ4n) is 3.82. The number of hydrogen-bond donors (Lipinski definition) is 0. The summed E-state index contributed by atoms with van der Waals surface area (Å²) in [5.74, 6) is 0.807. The number of carbonyl (C=O) groups excluding carboxylic acids is 1. The smallest absolute Gasteiger partial charge is 0.268 e. The van der Waals surface area contributed by atoms with Gasteiger partial charge in [0.2, 0.25) is 0 Å². The van der Waals surface area contributed by atoms with Crippen molar-refractivity contribution in [2.75, 3.05) is 4.90 Å². The second kappa shape index (κ2) is 6.83. The molecule has 1 aliphatic rings. The molecule has 26 heavy (non-hydrogen) atoms. The summed E-state index contributed by atoms with van der Waals surface area (Å²) in [6.07, 6.45) is 1.04. The lowest BCUT2D eigenvalue weighted by atomic mass is 10.1. The Bertz CT molecular complexity index is 944. The molecule has 3 aromatic rings. The van der Waals surface area contributed by atoms with Crippen LogP contribution < -0.4 is 9.64 Å². The molecule has 3 aromatic carbocycles. The zero-order valence-corrected chi connectivity index (χ0v) is 15.2. The zero-order chi connectivity index (χ0) is 18.1. The lowest BCUT2D eigenvalue weighted by molar-refractivity contribution is -0.125. The Labute approximate surface area is 154 Å². The summed E-state index contributed by atoms with van der Waals surface area (Å²) in [6, 6.07) is 22.4. The van der Waals surface area contributed by atoms with Crippen LogP contribution in [-0.2, 0) is 11.2 Å². The Hall–Kier alpha value is -2.81. The molecule has 2 atom stereocenters. The van der Waals surface area contributed by atoms with Crippen LogP contribution >= 0.6 is 0 Å². The lowest BCUT2D eigenvalue weighted by Crippen LogP contribution is -2.44. The van der Waals surface area contributed by atoms with E-state index in [2.05, 4.69) is 25.1 Å². The molecule has 0 N–H and O–H groups in total. The highest BCUT2D eigenvalue weighted by Crippen LogP contribution is 2.33. The number of carbonyl (C=O) groups is 1. The van der Waals surface area contributed by atoms with Crippen LogP contribution in [0.3, 0.4) is 0 Å². The van der Waals surface area contributed by atoms with Crippen LogP contribution in [0.1, 0.15) is 25.8 Å². The molecular weight excluding hydrogens is 322 g/mol. The van der Waals surface area contributed by atoms with E-state index in [0.717, 1.165) is 28.6 Å². The second-order valence-corrected chi connectivity index (χ2v) is 6.88. The maximum Gasteiger partial charge on any atom is 0.268 e. The van der Waals surface area contributed by atoms with E-state index in [4.69, 9.17) is 4.74 Å². The van der Waals surface area contributed by atoms with Gasteiger partial charge in [0.15, 0.2) is 6.10 Å². The third kappa shape index (κ3) is 2.84. The summed E-state index contributed by atoms with van der Waals surface area (Å²) in [5, 5.41) is 2.16. The molecule has 0 saturated carbocycles. The number of anilines is 1. The summed E-state index contributed by atoms with van der Waals surface area (Å²) < 4.78 is 6.22. The Morgan fingerprint density at radius 2 is 1.81 bits per heavy atom. The first-order valence-corrected chi connectivity index (χ1v) is 9.24. The molecule has 0 radical (unpaired) electrons. The molecule has 0 bridgehead atoms. The monoisotopic (exact) mass is 345 g/mol. The van der Waals surface area contributed by atoms with Gasteiger partial charge in [0, 0.05) is 17.1 Å². The largest absolute Gasteiger partial charge is 0.480 e. The number of nitrogens with zero attached hydrogens (tertiary/aromatic N) is 1. The standard InChI is InChI=1S/C23H23NO2/c1-3-21(26-22-14-8-11-17-9-4-6-12-19(17)22)23(25)24-16(2)15-18-10-5-7-13-20(18)24/h4-14,16,21H,3,15H2,1-2H3/t16-,21-/m1/s1. The predicted octanol–water partition coefficient (Wildman–Crippen LogP) is 4.98. The van der Waals surface area contributed by atoms with Crippen LogP contribution in [-0.4, -0.2) is 18.1 Å². The fraction of sp³-hybridized carbons (Fsp3) is 0.261. The van der Waals surface area contributed by atoms with Crippen LogP contribution in [0, 0.1) is 0 Å². The Balaban J connectivity index is 1.64. The summed E-state index contributed by atoms with van der Waals surface area (Å²) in [6.45, 7) is 4.10. The molecule has 0 spiro atoms. The van der Waals surface area contributed by atoms with Crippen LogP contribution in [0.5, 0.6) is 5.75 Å². The third-order valence-electron chi connectivity index (χ3n) is 5.11. The molecule has 1 aliphatic heterocycles. The highest BCUT2D eigenvalue weighted by molar-refractivity contribution is 5.99. The van der Waals surface area contributed by atoms with Gasteiger partial charge in [0.05, 0.1) is 0 Å². The predicted molar refractivity (Wildman–Crippen MR) is 106 cm³/mol. The highest BCUT2D eigenvalue weighted by Gasteiger charge is 2.35. The van der Waals surface area contributed by atoms with Gasteiger partial charge in [-0.1, -0.05) is 61.5 Å². The number of fused-ring (bicyclic) bond motifs is 2. The molecule has 0 aliphatic carbocycles. The van der Waals surface area contributed by atoms with E-state index in [9.17, 15) is 4.79 Å². The molecule has 3 nitrogen and oxygen atoms in total. The van der Waals surface area contributed by atoms with E-state index in [-0.39, 0.29) is 11.9 Å². The molecule has 132 valence electrons. The average molecular weight is 345 g/mol. The number of ether oxygens (including phenoxy) is 1. The number of hydrogen-bond acceptors (Lipinski definition) is 2. The van der Waals surface area contributed by atoms with Crippen LogP contribution in [0.15, 0.2) is 66.7 Å². The first kappa shape index (κ1) is 16.6. The van der Waals surface area contributed by atoms with Crippen molar-refractivity contribution in [2.45, 2.75) is 38.8 Å². The van der Waals surface area contributed by atoms with Crippen LogP contribution in [0.2, 0.25) is 0 Å². The van der Waals surface area contributed by atoms with E-state index in [0.29, 0.717) is 6.42 Å². The maximum atomic E-state index is 13.3. The molecule has 0 unspecified atom stereocenters. The normalized spacial score (nSPS) is 17.2. The molecule has 0 saturated heterocycles. The minimum absolute atomic E-state index is 0.0397. The highest BCUT2D eigenvalue weighted by atomic mass is 16.5. The first-order chi connectivity index (χ1) is 12.7. The van der Waals surface area contributed by atoms with E-state index in [1.807, 2.05) is 60.4 Å². The Morgan fingerprint density at radius 3 is 2.65 bits per heavy atom. The van der Waals surface area contributed by atoms with Crippen molar-refractivity contribution in [3.8, 4) is 5.75 Å². The van der Waals surface area contributed by atoms with E-state index in [1.54, 1.807) is 0 Å². The molecule has 1 amide bonds. The van der Waals surface area contributed by atoms with Crippen molar-refractivity contribution >= 4 is 22.4 Å². The summed E-state index contributed by atoms with van der Waals surface area (Å²) >= 11 is 0. The van der Waals surface area contributed by atoms with Crippen molar-refractivity contribution in [1.82, 2.24) is 0 Å². The van der Waals surface area contributed by atoms with Gasteiger partial charge in [0.25, 0.3) is 5.91 Å². The maximum absolute atomic E-state index is 13.3. The van der Waals surface area contributed by atoms with Crippen molar-refractivity contribution in [3.05, 3.63) is 72.3 Å². The van der Waals surface area contributed by atoms with Gasteiger partial charge in [-0.15, -0.1) is 0 Å². The van der Waals surface area contributed by atoms with Gasteiger partial charge in [-0.25, -0.2) is 0 Å². The van der Waals surface area contributed by atoms with Crippen molar-refractivity contribution in [1.29, 1.82) is 0 Å². The topological polar surface area (TPSA) is 29.5 Å². The quantitative estimate of drug-likeness (QED) is 0.668. The van der Waals surface area contributed by atoms with Gasteiger partial charge in [-0.3, -0.25) is 4.79 Å². The summed E-state index contributed by atoms with van der Waals surface area (Å²) in [7, 11) is 0. The third-order valence-corrected chi connectivity index (χ3v) is 5.11. The lowest BCUT2D eigenvalue weighted by Gasteiger charge is -2.28. The zero-order valence-electron chi connectivity index (χ0n) is 15.2. The Kier molecular flexibility index (Phi) is 4.37. The molecule has 3 heteroatoms. The Morgan fingerprint density at radius 1 is 1.08 bits per heavy atom. The molecule has 0 aromatic heterocycles. The minimum Gasteiger partial charge on any atom is -0.480 e. The summed E-state index contributed by atoms with van der Waals surface area (Å²) in [4.78, 5) is 15.2. The van der Waals surface area contributed by atoms with Gasteiger partial charge in [-0.2, -0.15) is 0 Å². The van der Waals surface area contributed by atoms with E-state index in [1.165, 1.54) is 5.56 Å². The number of para-hydroxylation sites is 1. The second-order valence-electron chi connectivity index (χ2n) is 6.88. The molecule has 0 fully saturated rings. The molecule has 1 heterocycles. The number of benzene rings is 3. The SMILES string of the molecule is CC[C@@H](Oc1cccc2ccccc12)C(=O)N1c2ccccc2C[C@H]1C. The van der Waals surface area contributed by atoms with Gasteiger partial charge in [-0.05, 0) is 42.8 Å². The van der Waals surface area contributed by atoms with Crippen LogP contribution in [0.25, 0.3) is 10.8 Å². The minimum atomic E-state index is -0.491.